The first kappa shape index (κ1) is 22.8. The van der Waals surface area contributed by atoms with Gasteiger partial charge in [-0.3, -0.25) is 4.79 Å². The fraction of sp³-hybridized carbons (Fsp3) is 0.273. The molecule has 7 nitrogen and oxygen atoms in total. The predicted octanol–water partition coefficient (Wildman–Crippen LogP) is 6.02. The van der Waals surface area contributed by atoms with Crippen molar-refractivity contribution >= 4 is 34.8 Å². The highest BCUT2D eigenvalue weighted by Gasteiger charge is 2.18. The summed E-state index contributed by atoms with van der Waals surface area (Å²) in [5.41, 5.74) is 4.47. The molecule has 1 aromatic carbocycles. The number of fused-ring (bicyclic) bond motifs is 1. The molecule has 4 rings (SSSR count). The van der Waals surface area contributed by atoms with E-state index in [4.69, 9.17) is 32.8 Å². The van der Waals surface area contributed by atoms with E-state index in [9.17, 15) is 4.79 Å². The van der Waals surface area contributed by atoms with Gasteiger partial charge in [-0.25, -0.2) is 4.98 Å². The molecule has 0 spiro atoms. The van der Waals surface area contributed by atoms with E-state index in [0.29, 0.717) is 45.1 Å². The number of imidazole rings is 1. The summed E-state index contributed by atoms with van der Waals surface area (Å²) in [7, 11) is 0. The maximum Gasteiger partial charge on any atom is 0.303 e. The van der Waals surface area contributed by atoms with E-state index in [-0.39, 0.29) is 6.42 Å². The molecule has 162 valence electrons. The Balaban J connectivity index is 0.00000132. The molecule has 3 heterocycles. The summed E-state index contributed by atoms with van der Waals surface area (Å²) in [6.07, 6.45) is 4.07. The van der Waals surface area contributed by atoms with Crippen molar-refractivity contribution in [2.75, 3.05) is 0 Å². The summed E-state index contributed by atoms with van der Waals surface area (Å²) in [6, 6.07) is 5.40. The molecule has 0 aliphatic rings. The van der Waals surface area contributed by atoms with E-state index in [1.165, 1.54) is 0 Å². The van der Waals surface area contributed by atoms with E-state index in [0.717, 1.165) is 16.7 Å². The number of aryl methyl sites for hydroxylation is 3. The molecule has 0 fully saturated rings. The third-order valence-electron chi connectivity index (χ3n) is 4.53. The number of hydrogen-bond donors (Lipinski definition) is 1. The van der Waals surface area contributed by atoms with Crippen molar-refractivity contribution in [3.8, 4) is 23.0 Å². The minimum atomic E-state index is -0.868. The van der Waals surface area contributed by atoms with Gasteiger partial charge in [0.15, 0.2) is 5.65 Å². The highest BCUT2D eigenvalue weighted by atomic mass is 35.5. The number of carboxylic acids is 1. The zero-order chi connectivity index (χ0) is 22.7. The SMILES string of the molecule is CC.Cc1cc(Cl)c2nc(-c3noc(-c4cc(Cl)c(CCC(=O)O)cc4C)n3)cn2c1. The maximum absolute atomic E-state index is 10.8. The van der Waals surface area contributed by atoms with E-state index >= 15 is 0 Å². The van der Waals surface area contributed by atoms with Crippen molar-refractivity contribution < 1.29 is 14.4 Å². The van der Waals surface area contributed by atoms with E-state index < -0.39 is 5.97 Å². The number of aliphatic carboxylic acids is 1. The van der Waals surface area contributed by atoms with Gasteiger partial charge < -0.3 is 14.0 Å². The molecule has 0 atom stereocenters. The Bertz CT molecular complexity index is 1250. The summed E-state index contributed by atoms with van der Waals surface area (Å²) in [5.74, 6) is -0.224. The second kappa shape index (κ2) is 9.49. The minimum Gasteiger partial charge on any atom is -0.481 e. The van der Waals surface area contributed by atoms with Crippen LogP contribution in [-0.4, -0.2) is 30.6 Å². The molecule has 1 N–H and O–H groups in total. The van der Waals surface area contributed by atoms with Gasteiger partial charge in [0.2, 0.25) is 5.82 Å². The molecule has 0 saturated heterocycles. The van der Waals surface area contributed by atoms with Gasteiger partial charge in [0.25, 0.3) is 5.89 Å². The van der Waals surface area contributed by atoms with Crippen molar-refractivity contribution in [1.82, 2.24) is 19.5 Å². The molecule has 0 radical (unpaired) electrons. The van der Waals surface area contributed by atoms with E-state index in [2.05, 4.69) is 15.1 Å². The number of halogens is 2. The lowest BCUT2D eigenvalue weighted by molar-refractivity contribution is -0.136. The number of carbonyl (C=O) groups is 1. The molecule has 9 heteroatoms. The second-order valence-electron chi connectivity index (χ2n) is 6.80. The lowest BCUT2D eigenvalue weighted by Crippen LogP contribution is -1.99. The zero-order valence-corrected chi connectivity index (χ0v) is 19.1. The van der Waals surface area contributed by atoms with Crippen LogP contribution < -0.4 is 0 Å². The standard InChI is InChI=1S/C20H16Cl2N4O3.C2H6/c1-10-5-15(22)19-23-16(9-26(19)8-10)18-24-20(29-25-18)13-7-14(21)12(6-11(13)2)3-4-17(27)28;1-2/h5-9H,3-4H2,1-2H3,(H,27,28);1-2H3. The minimum absolute atomic E-state index is 0.0130. The van der Waals surface area contributed by atoms with Crippen LogP contribution in [0.1, 0.15) is 37.0 Å². The molecule has 0 aliphatic carbocycles. The molecule has 0 aliphatic heterocycles. The fourth-order valence-corrected chi connectivity index (χ4v) is 3.71. The molecule has 4 aromatic rings. The molecule has 3 aromatic heterocycles. The van der Waals surface area contributed by atoms with Gasteiger partial charge in [-0.2, -0.15) is 4.98 Å². The molecular formula is C22H22Cl2N4O3. The van der Waals surface area contributed by atoms with Gasteiger partial charge in [0.05, 0.1) is 5.02 Å². The van der Waals surface area contributed by atoms with Crippen molar-refractivity contribution in [1.29, 1.82) is 0 Å². The van der Waals surface area contributed by atoms with E-state index in [1.54, 1.807) is 12.3 Å². The van der Waals surface area contributed by atoms with Crippen molar-refractivity contribution in [3.05, 3.63) is 57.3 Å². The topological polar surface area (TPSA) is 93.5 Å². The third-order valence-corrected chi connectivity index (χ3v) is 5.16. The Hall–Kier alpha value is -2.90. The van der Waals surface area contributed by atoms with Crippen molar-refractivity contribution in [3.63, 3.8) is 0 Å². The number of carboxylic acid groups (broad SMARTS) is 1. The van der Waals surface area contributed by atoms with E-state index in [1.807, 2.05) is 50.4 Å². The summed E-state index contributed by atoms with van der Waals surface area (Å²) in [6.45, 7) is 7.83. The van der Waals surface area contributed by atoms with Crippen LogP contribution >= 0.6 is 23.2 Å². The lowest BCUT2D eigenvalue weighted by Gasteiger charge is -2.07. The normalized spacial score (nSPS) is 10.8. The number of aromatic nitrogens is 4. The van der Waals surface area contributed by atoms with Crippen LogP contribution in [0.3, 0.4) is 0 Å². The lowest BCUT2D eigenvalue weighted by atomic mass is 10.0. The molecule has 0 saturated carbocycles. The monoisotopic (exact) mass is 460 g/mol. The number of benzene rings is 1. The second-order valence-corrected chi connectivity index (χ2v) is 7.61. The van der Waals surface area contributed by atoms with Crippen molar-refractivity contribution in [2.24, 2.45) is 0 Å². The Kier molecular flexibility index (Phi) is 6.97. The predicted molar refractivity (Wildman–Crippen MR) is 121 cm³/mol. The van der Waals surface area contributed by atoms with Crippen LogP contribution in [0, 0.1) is 13.8 Å². The first-order valence-corrected chi connectivity index (χ1v) is 10.6. The Morgan fingerprint density at radius 3 is 2.55 bits per heavy atom. The van der Waals surface area contributed by atoms with Crippen LogP contribution in [0.2, 0.25) is 10.0 Å². The van der Waals surface area contributed by atoms with Crippen LogP contribution in [0.15, 0.2) is 35.1 Å². The Morgan fingerprint density at radius 2 is 1.84 bits per heavy atom. The van der Waals surface area contributed by atoms with Gasteiger partial charge in [0.1, 0.15) is 5.69 Å². The van der Waals surface area contributed by atoms with Gasteiger partial charge in [-0.15, -0.1) is 0 Å². The molecule has 0 unspecified atom stereocenters. The maximum atomic E-state index is 10.8. The molecule has 0 bridgehead atoms. The zero-order valence-electron chi connectivity index (χ0n) is 17.6. The average molecular weight is 461 g/mol. The average Bonchev–Trinajstić information content (AvgIpc) is 3.37. The first-order chi connectivity index (χ1) is 14.8. The highest BCUT2D eigenvalue weighted by molar-refractivity contribution is 6.33. The first-order valence-electron chi connectivity index (χ1n) is 9.82. The third kappa shape index (κ3) is 4.89. The van der Waals surface area contributed by atoms with Crippen LogP contribution in [0.25, 0.3) is 28.6 Å². The number of nitrogens with zero attached hydrogens (tertiary/aromatic N) is 4. The summed E-state index contributed by atoms with van der Waals surface area (Å²) in [5, 5.41) is 13.9. The highest BCUT2D eigenvalue weighted by Crippen LogP contribution is 2.31. The fourth-order valence-electron chi connectivity index (χ4n) is 3.14. The Morgan fingerprint density at radius 1 is 1.10 bits per heavy atom. The smallest absolute Gasteiger partial charge is 0.303 e. The van der Waals surface area contributed by atoms with Crippen LogP contribution in [-0.2, 0) is 11.2 Å². The molecule has 0 amide bonds. The quantitative estimate of drug-likeness (QED) is 0.391. The molecular weight excluding hydrogens is 439 g/mol. The van der Waals surface area contributed by atoms with Gasteiger partial charge in [-0.1, -0.05) is 48.3 Å². The van der Waals surface area contributed by atoms with Crippen molar-refractivity contribution in [2.45, 2.75) is 40.5 Å². The van der Waals surface area contributed by atoms with Gasteiger partial charge >= 0.3 is 5.97 Å². The number of rotatable bonds is 5. The Labute approximate surface area is 189 Å². The van der Waals surface area contributed by atoms with Gasteiger partial charge in [-0.05, 0) is 49.1 Å². The largest absolute Gasteiger partial charge is 0.481 e. The number of pyridine rings is 1. The van der Waals surface area contributed by atoms with Crippen LogP contribution in [0.5, 0.6) is 0 Å². The molecule has 31 heavy (non-hydrogen) atoms. The van der Waals surface area contributed by atoms with Gasteiger partial charge in [0, 0.05) is 29.4 Å². The summed E-state index contributed by atoms with van der Waals surface area (Å²) < 4.78 is 7.25. The summed E-state index contributed by atoms with van der Waals surface area (Å²) >= 11 is 12.6. The van der Waals surface area contributed by atoms with Crippen LogP contribution in [0.4, 0.5) is 0 Å². The summed E-state index contributed by atoms with van der Waals surface area (Å²) in [4.78, 5) is 19.8. The number of hydrogen-bond acceptors (Lipinski definition) is 5.